The van der Waals surface area contributed by atoms with Crippen LogP contribution in [0.2, 0.25) is 0 Å². The van der Waals surface area contributed by atoms with Crippen molar-refractivity contribution in [2.45, 2.75) is 6.92 Å². The normalized spacial score (nSPS) is 20.4. The molecule has 0 saturated carbocycles. The van der Waals surface area contributed by atoms with Gasteiger partial charge in [-0.25, -0.2) is 0 Å². The van der Waals surface area contributed by atoms with E-state index in [4.69, 9.17) is 0 Å². The van der Waals surface area contributed by atoms with Crippen molar-refractivity contribution in [3.8, 4) is 0 Å². The van der Waals surface area contributed by atoms with Crippen LogP contribution in [0.1, 0.15) is 6.92 Å². The van der Waals surface area contributed by atoms with Crippen molar-refractivity contribution >= 4 is 22.6 Å². The summed E-state index contributed by atoms with van der Waals surface area (Å²) < 4.78 is 11.4. The number of rotatable bonds is 6. The van der Waals surface area contributed by atoms with Gasteiger partial charge in [0, 0.05) is 41.1 Å². The number of hydrogen-bond donors (Lipinski definition) is 1. The molecule has 0 aromatic carbocycles. The van der Waals surface area contributed by atoms with Gasteiger partial charge in [0.25, 0.3) is 0 Å². The average Bonchev–Trinajstić information content (AvgIpc) is 1.98. The second-order valence-corrected chi connectivity index (χ2v) is 6.05. The Hall–Kier alpha value is 0.460. The molecule has 0 aliphatic carbocycles. The van der Waals surface area contributed by atoms with Crippen molar-refractivity contribution in [2.75, 3.05) is 36.1 Å². The first-order valence-electron chi connectivity index (χ1n) is 4.46. The first-order valence-corrected chi connectivity index (χ1v) is 7.10. The topological polar surface area (TPSA) is 29.1 Å². The van der Waals surface area contributed by atoms with Crippen molar-refractivity contribution in [2.24, 2.45) is 5.92 Å². The van der Waals surface area contributed by atoms with E-state index in [0.29, 0.717) is 5.92 Å². The van der Waals surface area contributed by atoms with Crippen LogP contribution in [0.4, 0.5) is 0 Å². The number of nitrogens with one attached hydrogen (secondary N) is 1. The summed E-state index contributed by atoms with van der Waals surface area (Å²) in [6.07, 6.45) is 0. The maximum absolute atomic E-state index is 11.4. The van der Waals surface area contributed by atoms with E-state index in [1.807, 2.05) is 11.8 Å². The fourth-order valence-electron chi connectivity index (χ4n) is 1.11. The minimum Gasteiger partial charge on any atom is -0.316 e. The molecule has 72 valence electrons. The van der Waals surface area contributed by atoms with E-state index in [0.717, 1.165) is 36.1 Å². The lowest BCUT2D eigenvalue weighted by Crippen LogP contribution is -2.45. The highest BCUT2D eigenvalue weighted by atomic mass is 32.2. The Balaban J connectivity index is 1.95. The smallest absolute Gasteiger partial charge is 0.0325 e. The van der Waals surface area contributed by atoms with E-state index in [2.05, 4.69) is 12.2 Å². The lowest BCUT2D eigenvalue weighted by Gasteiger charge is -2.26. The Morgan fingerprint density at radius 1 is 1.58 bits per heavy atom. The molecule has 12 heavy (non-hydrogen) atoms. The molecule has 1 unspecified atom stereocenters. The molecule has 1 atom stereocenters. The highest BCUT2D eigenvalue weighted by Gasteiger charge is 2.18. The first kappa shape index (κ1) is 10.5. The van der Waals surface area contributed by atoms with Gasteiger partial charge in [0.2, 0.25) is 0 Å². The predicted octanol–water partition coefficient (Wildman–Crippen LogP) is 0.708. The first-order chi connectivity index (χ1) is 5.83. The molecule has 1 rings (SSSR count). The molecular formula is C8H17NOS2. The Morgan fingerprint density at radius 3 is 2.83 bits per heavy atom. The van der Waals surface area contributed by atoms with Gasteiger partial charge in [0.15, 0.2) is 0 Å². The van der Waals surface area contributed by atoms with E-state index in [1.165, 1.54) is 0 Å². The van der Waals surface area contributed by atoms with Crippen molar-refractivity contribution < 1.29 is 4.21 Å². The summed E-state index contributed by atoms with van der Waals surface area (Å²) in [5.74, 6) is 4.69. The largest absolute Gasteiger partial charge is 0.316 e. The summed E-state index contributed by atoms with van der Waals surface area (Å²) in [6.45, 7) is 4.29. The van der Waals surface area contributed by atoms with E-state index < -0.39 is 10.8 Å². The zero-order valence-electron chi connectivity index (χ0n) is 7.54. The van der Waals surface area contributed by atoms with Crippen LogP contribution in [0.3, 0.4) is 0 Å². The van der Waals surface area contributed by atoms with Crippen LogP contribution >= 0.6 is 11.8 Å². The summed E-state index contributed by atoms with van der Waals surface area (Å²) in [5.41, 5.74) is 0. The van der Waals surface area contributed by atoms with Gasteiger partial charge in [-0.2, -0.15) is 11.8 Å². The quantitative estimate of drug-likeness (QED) is 0.650. The van der Waals surface area contributed by atoms with Crippen molar-refractivity contribution in [1.29, 1.82) is 0 Å². The van der Waals surface area contributed by atoms with Crippen molar-refractivity contribution in [3.05, 3.63) is 0 Å². The highest BCUT2D eigenvalue weighted by molar-refractivity contribution is 8.00. The second-order valence-electron chi connectivity index (χ2n) is 3.03. The molecule has 1 aliphatic heterocycles. The fraction of sp³-hybridized carbons (Fsp3) is 1.00. The molecule has 0 radical (unpaired) electrons. The lowest BCUT2D eigenvalue weighted by atomic mass is 10.1. The van der Waals surface area contributed by atoms with Crippen molar-refractivity contribution in [3.63, 3.8) is 0 Å². The third-order valence-electron chi connectivity index (χ3n) is 1.95. The Morgan fingerprint density at radius 2 is 2.33 bits per heavy atom. The van der Waals surface area contributed by atoms with Gasteiger partial charge in [-0.3, -0.25) is 4.21 Å². The molecule has 1 N–H and O–H groups in total. The fourth-order valence-corrected chi connectivity index (χ4v) is 3.54. The zero-order valence-corrected chi connectivity index (χ0v) is 9.18. The maximum atomic E-state index is 11.4. The SMILES string of the molecule is CCSCCS(=O)CC1CNC1. The second kappa shape index (κ2) is 6.00. The molecule has 2 nitrogen and oxygen atoms in total. The summed E-state index contributed by atoms with van der Waals surface area (Å²) in [4.78, 5) is 0. The predicted molar refractivity (Wildman–Crippen MR) is 57.2 cm³/mol. The summed E-state index contributed by atoms with van der Waals surface area (Å²) >= 11 is 1.88. The van der Waals surface area contributed by atoms with Gasteiger partial charge in [0.05, 0.1) is 0 Å². The summed E-state index contributed by atoms with van der Waals surface area (Å²) in [6, 6.07) is 0. The van der Waals surface area contributed by atoms with Gasteiger partial charge in [-0.15, -0.1) is 0 Å². The van der Waals surface area contributed by atoms with Crippen LogP contribution in [0.25, 0.3) is 0 Å². The van der Waals surface area contributed by atoms with Crippen LogP contribution in [0.15, 0.2) is 0 Å². The third-order valence-corrected chi connectivity index (χ3v) is 4.61. The van der Waals surface area contributed by atoms with E-state index in [-0.39, 0.29) is 0 Å². The minimum atomic E-state index is -0.561. The van der Waals surface area contributed by atoms with Gasteiger partial charge in [0.1, 0.15) is 0 Å². The molecule has 0 aromatic rings. The van der Waals surface area contributed by atoms with Gasteiger partial charge < -0.3 is 5.32 Å². The van der Waals surface area contributed by atoms with Crippen LogP contribution in [0, 0.1) is 5.92 Å². The van der Waals surface area contributed by atoms with Gasteiger partial charge in [-0.05, 0) is 11.7 Å². The van der Waals surface area contributed by atoms with Gasteiger partial charge in [-0.1, -0.05) is 6.92 Å². The van der Waals surface area contributed by atoms with E-state index in [9.17, 15) is 4.21 Å². The molecule has 1 fully saturated rings. The molecule has 0 spiro atoms. The third kappa shape index (κ3) is 3.92. The van der Waals surface area contributed by atoms with Crippen LogP contribution < -0.4 is 5.32 Å². The molecule has 0 bridgehead atoms. The minimum absolute atomic E-state index is 0.561. The lowest BCUT2D eigenvalue weighted by molar-refractivity contribution is 0.382. The molecule has 1 aliphatic rings. The Labute approximate surface area is 81.3 Å². The Bertz CT molecular complexity index is 148. The molecular weight excluding hydrogens is 190 g/mol. The number of thioether (sulfide) groups is 1. The molecule has 1 heterocycles. The van der Waals surface area contributed by atoms with Gasteiger partial charge >= 0.3 is 0 Å². The summed E-state index contributed by atoms with van der Waals surface area (Å²) in [7, 11) is -0.561. The van der Waals surface area contributed by atoms with Crippen LogP contribution in [0.5, 0.6) is 0 Å². The maximum Gasteiger partial charge on any atom is 0.0325 e. The monoisotopic (exact) mass is 207 g/mol. The molecule has 1 saturated heterocycles. The van der Waals surface area contributed by atoms with Crippen LogP contribution in [-0.4, -0.2) is 40.3 Å². The zero-order chi connectivity index (χ0) is 8.81. The molecule has 0 amide bonds. The Kier molecular flexibility index (Phi) is 5.27. The van der Waals surface area contributed by atoms with Crippen molar-refractivity contribution in [1.82, 2.24) is 5.32 Å². The van der Waals surface area contributed by atoms with Crippen LogP contribution in [-0.2, 0) is 10.8 Å². The highest BCUT2D eigenvalue weighted by Crippen LogP contribution is 2.06. The average molecular weight is 207 g/mol. The molecule has 0 aromatic heterocycles. The van der Waals surface area contributed by atoms with E-state index >= 15 is 0 Å². The number of hydrogen-bond acceptors (Lipinski definition) is 3. The summed E-state index contributed by atoms with van der Waals surface area (Å²) in [5, 5.41) is 3.19. The molecule has 4 heteroatoms. The standard InChI is InChI=1S/C8H17NOS2/c1-2-11-3-4-12(10)7-8-5-9-6-8/h8-9H,2-7H2,1H3. The van der Waals surface area contributed by atoms with E-state index in [1.54, 1.807) is 0 Å².